The van der Waals surface area contributed by atoms with Gasteiger partial charge in [-0.3, -0.25) is 0 Å². The molecule has 0 saturated heterocycles. The van der Waals surface area contributed by atoms with Crippen molar-refractivity contribution in [3.63, 3.8) is 0 Å². The van der Waals surface area contributed by atoms with Crippen molar-refractivity contribution in [1.29, 1.82) is 0 Å². The van der Waals surface area contributed by atoms with E-state index in [1.165, 1.54) is 0 Å². The molecule has 0 fully saturated rings. The number of benzene rings is 1. The summed E-state index contributed by atoms with van der Waals surface area (Å²) in [4.78, 5) is 0. The lowest BCUT2D eigenvalue weighted by molar-refractivity contribution is -0.342. The maximum Gasteiger partial charge on any atom is 0.422 e. The average molecular weight is 448 g/mol. The summed E-state index contributed by atoms with van der Waals surface area (Å²) < 4.78 is 194. The van der Waals surface area contributed by atoms with Gasteiger partial charge in [0.2, 0.25) is 11.6 Å². The molecule has 0 aliphatic heterocycles. The lowest BCUT2D eigenvalue weighted by atomic mass is 10.1. The molecule has 0 radical (unpaired) electrons. The highest BCUT2D eigenvalue weighted by molar-refractivity contribution is 5.36. The molecule has 1 nitrogen and oxygen atoms in total. The Morgan fingerprint density at radius 1 is 0.679 bits per heavy atom. The highest BCUT2D eigenvalue weighted by atomic mass is 19.4. The molecule has 0 heterocycles. The van der Waals surface area contributed by atoms with E-state index >= 15 is 0 Å². The van der Waals surface area contributed by atoms with E-state index < -0.39 is 71.6 Å². The van der Waals surface area contributed by atoms with Gasteiger partial charge in [-0.25, -0.2) is 17.6 Å². The summed E-state index contributed by atoms with van der Waals surface area (Å²) in [5.74, 6) is -35.3. The van der Waals surface area contributed by atoms with Gasteiger partial charge in [-0.1, -0.05) is 0 Å². The maximum atomic E-state index is 13.4. The molecule has 0 aromatic heterocycles. The van der Waals surface area contributed by atoms with E-state index in [2.05, 4.69) is 4.74 Å². The molecule has 0 amide bonds. The smallest absolute Gasteiger partial charge is 0.422 e. The van der Waals surface area contributed by atoms with Gasteiger partial charge in [0.1, 0.15) is 5.56 Å². The quantitative estimate of drug-likeness (QED) is 0.394. The maximum absolute atomic E-state index is 13.4. The van der Waals surface area contributed by atoms with Crippen molar-refractivity contribution in [2.75, 3.05) is 6.61 Å². The van der Waals surface area contributed by atoms with Gasteiger partial charge < -0.3 is 4.74 Å². The van der Waals surface area contributed by atoms with E-state index in [1.54, 1.807) is 0 Å². The van der Waals surface area contributed by atoms with Gasteiger partial charge in [0.25, 0.3) is 0 Å². The van der Waals surface area contributed by atoms with Crippen LogP contribution in [0.1, 0.15) is 5.56 Å². The van der Waals surface area contributed by atoms with E-state index in [1.807, 2.05) is 0 Å². The van der Waals surface area contributed by atoms with E-state index in [9.17, 15) is 65.9 Å². The largest absolute Gasteiger partial charge is 0.481 e. The van der Waals surface area contributed by atoms with Crippen LogP contribution in [0.3, 0.4) is 0 Å². The minimum absolute atomic E-state index is 2.74. The molecule has 0 aliphatic carbocycles. The van der Waals surface area contributed by atoms with Crippen LogP contribution >= 0.6 is 0 Å². The van der Waals surface area contributed by atoms with E-state index in [4.69, 9.17) is 0 Å². The molecule has 28 heavy (non-hydrogen) atoms. The molecule has 0 saturated carbocycles. The van der Waals surface area contributed by atoms with Crippen molar-refractivity contribution >= 4 is 0 Å². The van der Waals surface area contributed by atoms with Crippen LogP contribution in [0.25, 0.3) is 0 Å². The molecule has 0 unspecified atom stereocenters. The Morgan fingerprint density at radius 2 is 1.07 bits per heavy atom. The first-order valence-electron chi connectivity index (χ1n) is 6.28. The Balaban J connectivity index is 3.34. The Labute approximate surface area is 143 Å². The second-order valence-corrected chi connectivity index (χ2v) is 4.95. The van der Waals surface area contributed by atoms with Crippen molar-refractivity contribution in [3.05, 3.63) is 28.8 Å². The third kappa shape index (κ3) is 3.76. The minimum atomic E-state index is -6.90. The summed E-state index contributed by atoms with van der Waals surface area (Å²) in [5, 5.41) is 0. The van der Waals surface area contributed by atoms with Crippen LogP contribution in [0.2, 0.25) is 0 Å². The summed E-state index contributed by atoms with van der Waals surface area (Å²) in [6.45, 7) is -3.26. The Bertz CT molecular complexity index is 707. The van der Waals surface area contributed by atoms with Gasteiger partial charge in [0.15, 0.2) is 24.0 Å². The fourth-order valence-corrected chi connectivity index (χ4v) is 1.62. The van der Waals surface area contributed by atoms with Crippen LogP contribution < -0.4 is 4.74 Å². The van der Waals surface area contributed by atoms with Gasteiger partial charge >= 0.3 is 30.4 Å². The monoisotopic (exact) mass is 448 g/mol. The molecule has 0 aliphatic rings. The molecule has 16 heteroatoms. The van der Waals surface area contributed by atoms with Gasteiger partial charge in [-0.05, 0) is 0 Å². The van der Waals surface area contributed by atoms with Gasteiger partial charge in [0.05, 0.1) is 0 Å². The van der Waals surface area contributed by atoms with E-state index in [-0.39, 0.29) is 0 Å². The van der Waals surface area contributed by atoms with Crippen molar-refractivity contribution in [2.45, 2.75) is 30.4 Å². The number of alkyl halides is 11. The molecule has 162 valence electrons. The average Bonchev–Trinajstić information content (AvgIpc) is 2.51. The number of ether oxygens (including phenoxy) is 1. The number of rotatable bonds is 6. The van der Waals surface area contributed by atoms with E-state index in [0.29, 0.717) is 0 Å². The molecule has 0 spiro atoms. The normalized spacial score (nSPS) is 14.0. The van der Waals surface area contributed by atoms with E-state index in [0.717, 1.165) is 0 Å². The number of hydrogen-bond donors (Lipinski definition) is 0. The minimum Gasteiger partial charge on any atom is -0.481 e. The third-order valence-corrected chi connectivity index (χ3v) is 3.06. The van der Waals surface area contributed by atoms with Crippen LogP contribution in [-0.2, 0) is 6.18 Å². The lowest BCUT2D eigenvalue weighted by Crippen LogP contribution is -2.59. The van der Waals surface area contributed by atoms with Crippen LogP contribution in [-0.4, -0.2) is 30.8 Å². The van der Waals surface area contributed by atoms with Crippen LogP contribution in [0.4, 0.5) is 65.9 Å². The Hall–Kier alpha value is -2.03. The Morgan fingerprint density at radius 3 is 1.39 bits per heavy atom. The predicted molar refractivity (Wildman–Crippen MR) is 57.6 cm³/mol. The molecule has 1 rings (SSSR count). The summed E-state index contributed by atoms with van der Waals surface area (Å²) in [6, 6.07) is 0. The molecular formula is C12H3F15O. The second kappa shape index (κ2) is 7.09. The zero-order valence-corrected chi connectivity index (χ0v) is 12.4. The van der Waals surface area contributed by atoms with Crippen LogP contribution in [0.5, 0.6) is 5.75 Å². The summed E-state index contributed by atoms with van der Waals surface area (Å²) >= 11 is 0. The van der Waals surface area contributed by atoms with Crippen LogP contribution in [0, 0.1) is 23.3 Å². The van der Waals surface area contributed by atoms with Crippen molar-refractivity contribution in [1.82, 2.24) is 0 Å². The highest BCUT2D eigenvalue weighted by Crippen LogP contribution is 2.49. The molecule has 0 bridgehead atoms. The molecule has 0 N–H and O–H groups in total. The molecule has 0 atom stereocenters. The first kappa shape index (κ1) is 24.0. The first-order chi connectivity index (χ1) is 12.3. The van der Waals surface area contributed by atoms with Crippen molar-refractivity contribution in [3.8, 4) is 5.75 Å². The fraction of sp³-hybridized carbons (Fsp3) is 0.500. The summed E-state index contributed by atoms with van der Waals surface area (Å²) in [6.07, 6.45) is -11.4. The zero-order chi connectivity index (χ0) is 22.5. The molecule has 1 aromatic carbocycles. The topological polar surface area (TPSA) is 9.23 Å². The number of hydrogen-bond acceptors (Lipinski definition) is 1. The fourth-order valence-electron chi connectivity index (χ4n) is 1.62. The van der Waals surface area contributed by atoms with Crippen molar-refractivity contribution in [2.24, 2.45) is 0 Å². The third-order valence-electron chi connectivity index (χ3n) is 3.06. The zero-order valence-electron chi connectivity index (χ0n) is 12.4. The molecule has 1 aromatic rings. The standard InChI is InChI=1S/C12H3F15O/c13-3-2(11(23,24)25)4(14)6(16)7(5(3)15)28-1-9(19,20)12(26,27)10(21,22)8(17)18/h8H,1H2. The number of halogens is 15. The highest BCUT2D eigenvalue weighted by Gasteiger charge is 2.75. The first-order valence-corrected chi connectivity index (χ1v) is 6.28. The molecular weight excluding hydrogens is 445 g/mol. The predicted octanol–water partition coefficient (Wildman–Crippen LogP) is 5.81. The van der Waals surface area contributed by atoms with Crippen LogP contribution in [0.15, 0.2) is 0 Å². The van der Waals surface area contributed by atoms with Gasteiger partial charge in [0, 0.05) is 0 Å². The lowest BCUT2D eigenvalue weighted by Gasteiger charge is -2.32. The summed E-state index contributed by atoms with van der Waals surface area (Å²) in [5.41, 5.74) is -3.17. The van der Waals surface area contributed by atoms with Crippen molar-refractivity contribution < 1.29 is 70.6 Å². The Kier molecular flexibility index (Phi) is 6.08. The van der Waals surface area contributed by atoms with Gasteiger partial charge in [-0.15, -0.1) is 0 Å². The second-order valence-electron chi connectivity index (χ2n) is 4.95. The SMILES string of the molecule is Fc1c(F)c(C(F)(F)F)c(F)c(F)c1OCC(F)(F)C(F)(F)C(F)(F)C(F)F. The van der Waals surface area contributed by atoms with Gasteiger partial charge in [-0.2, -0.15) is 48.3 Å². The summed E-state index contributed by atoms with van der Waals surface area (Å²) in [7, 11) is 0.